The van der Waals surface area contributed by atoms with Crippen LogP contribution in [0.15, 0.2) is 58.0 Å². The van der Waals surface area contributed by atoms with Crippen molar-refractivity contribution in [1.82, 2.24) is 9.29 Å². The predicted octanol–water partition coefficient (Wildman–Crippen LogP) is 2.74. The molecule has 4 rings (SSSR count). The van der Waals surface area contributed by atoms with Gasteiger partial charge in [-0.15, -0.1) is 0 Å². The molecule has 126 valence electrons. The molecule has 2 aromatic rings. The normalized spacial score (nSPS) is 24.3. The smallest absolute Gasteiger partial charge is 0.244 e. The Bertz CT molecular complexity index is 844. The van der Waals surface area contributed by atoms with Crippen molar-refractivity contribution in [2.24, 2.45) is 5.92 Å². The molecule has 1 aromatic heterocycles. The number of fused-ring (bicyclic) bond motifs is 1. The zero-order chi connectivity index (χ0) is 16.7. The van der Waals surface area contributed by atoms with E-state index >= 15 is 0 Å². The van der Waals surface area contributed by atoms with Crippen LogP contribution in [-0.4, -0.2) is 43.4 Å². The summed E-state index contributed by atoms with van der Waals surface area (Å²) in [5.41, 5.74) is 0. The molecule has 0 bridgehead atoms. The maximum Gasteiger partial charge on any atom is 0.244 e. The molecule has 0 saturated carbocycles. The number of halogens is 1. The Morgan fingerprint density at radius 2 is 1.88 bits per heavy atom. The lowest BCUT2D eigenvalue weighted by molar-refractivity contribution is 0.384. The molecule has 0 amide bonds. The van der Waals surface area contributed by atoms with Crippen LogP contribution in [0.5, 0.6) is 0 Å². The minimum atomic E-state index is -3.49. The third-order valence-corrected chi connectivity index (χ3v) is 7.83. The molecule has 2 unspecified atom stereocenters. The van der Waals surface area contributed by atoms with Gasteiger partial charge in [0.2, 0.25) is 10.0 Å². The minimum absolute atomic E-state index is 0.0177. The van der Waals surface area contributed by atoms with Crippen molar-refractivity contribution in [3.63, 3.8) is 0 Å². The van der Waals surface area contributed by atoms with Crippen molar-refractivity contribution in [3.05, 3.63) is 53.1 Å². The molecular formula is C17H18BrN3O2S. The highest BCUT2D eigenvalue weighted by molar-refractivity contribution is 9.10. The lowest BCUT2D eigenvalue weighted by atomic mass is 10.1. The Balaban J connectivity index is 1.61. The predicted molar refractivity (Wildman–Crippen MR) is 96.4 cm³/mol. The summed E-state index contributed by atoms with van der Waals surface area (Å²) in [5, 5.41) is 0. The van der Waals surface area contributed by atoms with E-state index in [0.29, 0.717) is 28.4 Å². The topological polar surface area (TPSA) is 53.5 Å². The highest BCUT2D eigenvalue weighted by Gasteiger charge is 2.47. The van der Waals surface area contributed by atoms with Gasteiger partial charge in [0, 0.05) is 36.3 Å². The average Bonchev–Trinajstić information content (AvgIpc) is 3.16. The first-order valence-corrected chi connectivity index (χ1v) is 10.2. The Hall–Kier alpha value is -1.44. The van der Waals surface area contributed by atoms with Gasteiger partial charge in [-0.2, -0.15) is 4.31 Å². The SMILES string of the molecule is O=S(=O)(c1ccccc1Br)N1CCC2CN(c3ccccn3)CC21. The van der Waals surface area contributed by atoms with Crippen molar-refractivity contribution >= 4 is 31.8 Å². The van der Waals surface area contributed by atoms with E-state index in [1.165, 1.54) is 0 Å². The van der Waals surface area contributed by atoms with Crippen LogP contribution in [0, 0.1) is 5.92 Å². The van der Waals surface area contributed by atoms with Gasteiger partial charge in [-0.05, 0) is 52.5 Å². The number of nitrogens with zero attached hydrogens (tertiary/aromatic N) is 3. The molecule has 2 aliphatic heterocycles. The van der Waals surface area contributed by atoms with Gasteiger partial charge in [-0.1, -0.05) is 18.2 Å². The van der Waals surface area contributed by atoms with E-state index in [4.69, 9.17) is 0 Å². The molecule has 0 aliphatic carbocycles. The van der Waals surface area contributed by atoms with Crippen LogP contribution < -0.4 is 4.90 Å². The Morgan fingerprint density at radius 1 is 1.08 bits per heavy atom. The van der Waals surface area contributed by atoms with Gasteiger partial charge < -0.3 is 4.90 Å². The molecule has 1 aromatic carbocycles. The van der Waals surface area contributed by atoms with Crippen molar-refractivity contribution < 1.29 is 8.42 Å². The third kappa shape index (κ3) is 2.64. The first-order chi connectivity index (χ1) is 11.6. The highest BCUT2D eigenvalue weighted by atomic mass is 79.9. The zero-order valence-corrected chi connectivity index (χ0v) is 15.4. The highest BCUT2D eigenvalue weighted by Crippen LogP contribution is 2.37. The van der Waals surface area contributed by atoms with Crippen molar-refractivity contribution in [3.8, 4) is 0 Å². The first-order valence-electron chi connectivity index (χ1n) is 8.00. The summed E-state index contributed by atoms with van der Waals surface area (Å²) in [7, 11) is -3.49. The van der Waals surface area contributed by atoms with E-state index < -0.39 is 10.0 Å². The quantitative estimate of drug-likeness (QED) is 0.784. The summed E-state index contributed by atoms with van der Waals surface area (Å²) >= 11 is 3.37. The molecule has 2 atom stereocenters. The standard InChI is InChI=1S/C17H18BrN3O2S/c18-14-5-1-2-6-16(14)24(22,23)21-10-8-13-11-20(12-15(13)21)17-7-3-4-9-19-17/h1-7,9,13,15H,8,10-12H2. The van der Waals surface area contributed by atoms with Crippen LogP contribution in [0.25, 0.3) is 0 Å². The maximum absolute atomic E-state index is 13.1. The molecule has 2 aliphatic rings. The molecule has 0 N–H and O–H groups in total. The van der Waals surface area contributed by atoms with Gasteiger partial charge in [-0.3, -0.25) is 0 Å². The molecule has 24 heavy (non-hydrogen) atoms. The van der Waals surface area contributed by atoms with E-state index in [1.807, 2.05) is 24.3 Å². The molecule has 3 heterocycles. The van der Waals surface area contributed by atoms with E-state index in [0.717, 1.165) is 18.8 Å². The van der Waals surface area contributed by atoms with E-state index in [2.05, 4.69) is 25.8 Å². The monoisotopic (exact) mass is 407 g/mol. The third-order valence-electron chi connectivity index (χ3n) is 4.89. The summed E-state index contributed by atoms with van der Waals surface area (Å²) in [6.45, 7) is 2.16. The summed E-state index contributed by atoms with van der Waals surface area (Å²) in [6.07, 6.45) is 2.68. The van der Waals surface area contributed by atoms with Crippen LogP contribution in [-0.2, 0) is 10.0 Å². The second-order valence-electron chi connectivity index (χ2n) is 6.26. The van der Waals surface area contributed by atoms with Crippen LogP contribution >= 0.6 is 15.9 Å². The Labute approximate surface area is 150 Å². The second kappa shape index (κ2) is 6.13. The molecule has 0 radical (unpaired) electrons. The Morgan fingerprint density at radius 3 is 2.62 bits per heavy atom. The van der Waals surface area contributed by atoms with Gasteiger partial charge in [0.05, 0.1) is 4.90 Å². The summed E-state index contributed by atoms with van der Waals surface area (Å²) in [6, 6.07) is 12.9. The lowest BCUT2D eigenvalue weighted by Gasteiger charge is -2.25. The van der Waals surface area contributed by atoms with Crippen LogP contribution in [0.1, 0.15) is 6.42 Å². The molecule has 2 fully saturated rings. The van der Waals surface area contributed by atoms with Gasteiger partial charge in [-0.25, -0.2) is 13.4 Å². The van der Waals surface area contributed by atoms with Crippen molar-refractivity contribution in [1.29, 1.82) is 0 Å². The first kappa shape index (κ1) is 16.1. The molecule has 0 spiro atoms. The van der Waals surface area contributed by atoms with Gasteiger partial charge in [0.1, 0.15) is 5.82 Å². The van der Waals surface area contributed by atoms with Crippen LogP contribution in [0.2, 0.25) is 0 Å². The summed E-state index contributed by atoms with van der Waals surface area (Å²) in [4.78, 5) is 6.94. The second-order valence-corrected chi connectivity index (χ2v) is 8.97. The molecule has 2 saturated heterocycles. The number of aromatic nitrogens is 1. The fourth-order valence-electron chi connectivity index (χ4n) is 3.73. The number of benzene rings is 1. The molecule has 5 nitrogen and oxygen atoms in total. The number of hydrogen-bond acceptors (Lipinski definition) is 4. The van der Waals surface area contributed by atoms with Gasteiger partial charge in [0.25, 0.3) is 0 Å². The number of hydrogen-bond donors (Lipinski definition) is 0. The van der Waals surface area contributed by atoms with Gasteiger partial charge in [0.15, 0.2) is 0 Å². The zero-order valence-electron chi connectivity index (χ0n) is 13.0. The summed E-state index contributed by atoms with van der Waals surface area (Å²) < 4.78 is 28.5. The number of sulfonamides is 1. The fourth-order valence-corrected chi connectivity index (χ4v) is 6.39. The van der Waals surface area contributed by atoms with Crippen LogP contribution in [0.3, 0.4) is 0 Å². The maximum atomic E-state index is 13.1. The molecular weight excluding hydrogens is 390 g/mol. The van der Waals surface area contributed by atoms with E-state index in [1.54, 1.807) is 28.7 Å². The van der Waals surface area contributed by atoms with Crippen LogP contribution in [0.4, 0.5) is 5.82 Å². The number of rotatable bonds is 3. The van der Waals surface area contributed by atoms with E-state index in [9.17, 15) is 8.42 Å². The average molecular weight is 408 g/mol. The minimum Gasteiger partial charge on any atom is -0.355 e. The summed E-state index contributed by atoms with van der Waals surface area (Å²) in [5.74, 6) is 1.29. The van der Waals surface area contributed by atoms with Gasteiger partial charge >= 0.3 is 0 Å². The van der Waals surface area contributed by atoms with Crippen molar-refractivity contribution in [2.75, 3.05) is 24.5 Å². The number of anilines is 1. The molecule has 7 heteroatoms. The fraction of sp³-hybridized carbons (Fsp3) is 0.353. The van der Waals surface area contributed by atoms with E-state index in [-0.39, 0.29) is 6.04 Å². The lowest BCUT2D eigenvalue weighted by Crippen LogP contribution is -2.39. The largest absolute Gasteiger partial charge is 0.355 e. The van der Waals surface area contributed by atoms with Crippen molar-refractivity contribution in [2.45, 2.75) is 17.4 Å². The number of pyridine rings is 1. The Kier molecular flexibility index (Phi) is 4.10.